The highest BCUT2D eigenvalue weighted by Gasteiger charge is 2.28. The van der Waals surface area contributed by atoms with Gasteiger partial charge in [-0.15, -0.1) is 0 Å². The summed E-state index contributed by atoms with van der Waals surface area (Å²) < 4.78 is 0. The second-order valence-corrected chi connectivity index (χ2v) is 7.35. The Kier molecular flexibility index (Phi) is 6.24. The zero-order valence-corrected chi connectivity index (χ0v) is 15.9. The molecule has 0 spiro atoms. The van der Waals surface area contributed by atoms with Gasteiger partial charge in [0.25, 0.3) is 0 Å². The maximum Gasteiger partial charge on any atom is 0.241 e. The van der Waals surface area contributed by atoms with E-state index in [-0.39, 0.29) is 23.8 Å². The van der Waals surface area contributed by atoms with Gasteiger partial charge in [-0.25, -0.2) is 0 Å². The summed E-state index contributed by atoms with van der Waals surface area (Å²) in [5.41, 5.74) is 2.79. The second kappa shape index (κ2) is 8.82. The molecule has 1 aliphatic rings. The van der Waals surface area contributed by atoms with Crippen LogP contribution >= 0.6 is 0 Å². The van der Waals surface area contributed by atoms with E-state index in [0.29, 0.717) is 12.6 Å². The Morgan fingerprint density at radius 1 is 0.963 bits per heavy atom. The molecule has 0 saturated heterocycles. The summed E-state index contributed by atoms with van der Waals surface area (Å²) in [5.74, 6) is -0.0331. The number of amides is 2. The van der Waals surface area contributed by atoms with Crippen LogP contribution in [0.3, 0.4) is 0 Å². The summed E-state index contributed by atoms with van der Waals surface area (Å²) in [5, 5.41) is 9.33. The first-order valence-electron chi connectivity index (χ1n) is 9.51. The molecular weight excluding hydrogens is 338 g/mol. The smallest absolute Gasteiger partial charge is 0.241 e. The average Bonchev–Trinajstić information content (AvgIpc) is 3.48. The molecular formula is C22H27N3O2. The first kappa shape index (κ1) is 19.1. The fourth-order valence-electron chi connectivity index (χ4n) is 2.73. The van der Waals surface area contributed by atoms with Gasteiger partial charge in [-0.05, 0) is 36.1 Å². The van der Waals surface area contributed by atoms with Crippen molar-refractivity contribution in [1.29, 1.82) is 0 Å². The quantitative estimate of drug-likeness (QED) is 0.672. The average molecular weight is 365 g/mol. The number of rotatable bonds is 8. The zero-order valence-electron chi connectivity index (χ0n) is 15.9. The van der Waals surface area contributed by atoms with Crippen LogP contribution in [-0.2, 0) is 16.1 Å². The molecule has 3 N–H and O–H groups in total. The molecule has 2 amide bonds. The van der Waals surface area contributed by atoms with Crippen molar-refractivity contribution < 1.29 is 9.59 Å². The number of anilines is 1. The lowest BCUT2D eigenvalue weighted by atomic mass is 10.1. The van der Waals surface area contributed by atoms with Gasteiger partial charge in [0.05, 0.1) is 0 Å². The van der Waals surface area contributed by atoms with E-state index in [1.54, 1.807) is 0 Å². The van der Waals surface area contributed by atoms with Crippen LogP contribution < -0.4 is 16.0 Å². The number of nitrogens with one attached hydrogen (secondary N) is 3. The third-order valence-electron chi connectivity index (χ3n) is 4.57. The molecule has 2 aromatic carbocycles. The minimum atomic E-state index is -0.382. The Morgan fingerprint density at radius 2 is 1.63 bits per heavy atom. The molecule has 1 aliphatic carbocycles. The lowest BCUT2D eigenvalue weighted by Gasteiger charge is -2.19. The first-order valence-corrected chi connectivity index (χ1v) is 9.51. The van der Waals surface area contributed by atoms with Crippen molar-refractivity contribution >= 4 is 17.5 Å². The molecule has 5 heteroatoms. The molecule has 5 nitrogen and oxygen atoms in total. The van der Waals surface area contributed by atoms with Crippen LogP contribution in [0.15, 0.2) is 54.6 Å². The zero-order chi connectivity index (χ0) is 19.2. The highest BCUT2D eigenvalue weighted by Crippen LogP contribution is 2.21. The second-order valence-electron chi connectivity index (χ2n) is 7.35. The van der Waals surface area contributed by atoms with Gasteiger partial charge in [-0.3, -0.25) is 14.9 Å². The van der Waals surface area contributed by atoms with Crippen molar-refractivity contribution in [2.75, 3.05) is 5.32 Å². The lowest BCUT2D eigenvalue weighted by molar-refractivity contribution is -0.123. The standard InChI is InChI=1S/C22H27N3O2/c1-15(2)21(26)24-18-10-8-16(9-11-18)14-23-20(17-6-4-3-5-7-17)22(27)25-19-12-13-19/h3-11,15,19-20,23H,12-14H2,1-2H3,(H,24,26)(H,25,27)/t20-/m1/s1. The van der Waals surface area contributed by atoms with Crippen molar-refractivity contribution in [3.05, 3.63) is 65.7 Å². The van der Waals surface area contributed by atoms with Gasteiger partial charge in [-0.2, -0.15) is 0 Å². The van der Waals surface area contributed by atoms with Gasteiger partial charge >= 0.3 is 0 Å². The molecule has 3 rings (SSSR count). The third kappa shape index (κ3) is 5.66. The highest BCUT2D eigenvalue weighted by molar-refractivity contribution is 5.92. The molecule has 1 atom stereocenters. The van der Waals surface area contributed by atoms with E-state index in [1.807, 2.05) is 68.4 Å². The van der Waals surface area contributed by atoms with Crippen molar-refractivity contribution in [3.8, 4) is 0 Å². The predicted molar refractivity (Wildman–Crippen MR) is 107 cm³/mol. The number of benzene rings is 2. The van der Waals surface area contributed by atoms with E-state index in [0.717, 1.165) is 29.7 Å². The fraction of sp³-hybridized carbons (Fsp3) is 0.364. The summed E-state index contributed by atoms with van der Waals surface area (Å²) in [6.45, 7) is 4.30. The van der Waals surface area contributed by atoms with Crippen LogP contribution in [0.5, 0.6) is 0 Å². The number of hydrogen-bond acceptors (Lipinski definition) is 3. The lowest BCUT2D eigenvalue weighted by Crippen LogP contribution is -2.38. The maximum absolute atomic E-state index is 12.6. The SMILES string of the molecule is CC(C)C(=O)Nc1ccc(CN[C@@H](C(=O)NC2CC2)c2ccccc2)cc1. The molecule has 0 heterocycles. The predicted octanol–water partition coefficient (Wildman–Crippen LogP) is 3.39. The van der Waals surface area contributed by atoms with Crippen molar-refractivity contribution in [3.63, 3.8) is 0 Å². The molecule has 0 aliphatic heterocycles. The summed E-state index contributed by atoms with van der Waals surface area (Å²) >= 11 is 0. The van der Waals surface area contributed by atoms with E-state index in [4.69, 9.17) is 0 Å². The molecule has 2 aromatic rings. The fourth-order valence-corrected chi connectivity index (χ4v) is 2.73. The molecule has 142 valence electrons. The Bertz CT molecular complexity index is 768. The normalized spacial score (nSPS) is 14.6. The van der Waals surface area contributed by atoms with E-state index < -0.39 is 0 Å². The van der Waals surface area contributed by atoms with E-state index in [1.165, 1.54) is 0 Å². The minimum Gasteiger partial charge on any atom is -0.352 e. The number of carbonyl (C=O) groups excluding carboxylic acids is 2. The highest BCUT2D eigenvalue weighted by atomic mass is 16.2. The van der Waals surface area contributed by atoms with Crippen LogP contribution in [0, 0.1) is 5.92 Å². The van der Waals surface area contributed by atoms with Crippen LogP contribution in [0.25, 0.3) is 0 Å². The Labute approximate surface area is 160 Å². The van der Waals surface area contributed by atoms with Gasteiger partial charge < -0.3 is 10.6 Å². The van der Waals surface area contributed by atoms with Crippen LogP contribution in [0.4, 0.5) is 5.69 Å². The van der Waals surface area contributed by atoms with Gasteiger partial charge in [0.15, 0.2) is 0 Å². The van der Waals surface area contributed by atoms with E-state index in [2.05, 4.69) is 16.0 Å². The Hall–Kier alpha value is -2.66. The van der Waals surface area contributed by atoms with Gasteiger partial charge in [0.2, 0.25) is 11.8 Å². The van der Waals surface area contributed by atoms with Crippen molar-refractivity contribution in [2.45, 2.75) is 45.3 Å². The molecule has 1 saturated carbocycles. The largest absolute Gasteiger partial charge is 0.352 e. The summed E-state index contributed by atoms with van der Waals surface area (Å²) in [4.78, 5) is 24.4. The first-order chi connectivity index (χ1) is 13.0. The van der Waals surface area contributed by atoms with Crippen LogP contribution in [0.1, 0.15) is 43.9 Å². The Balaban J connectivity index is 1.62. The summed E-state index contributed by atoms with van der Waals surface area (Å²) in [7, 11) is 0. The molecule has 1 fully saturated rings. The molecule has 0 bridgehead atoms. The van der Waals surface area contributed by atoms with Crippen LogP contribution in [-0.4, -0.2) is 17.9 Å². The third-order valence-corrected chi connectivity index (χ3v) is 4.57. The van der Waals surface area contributed by atoms with Crippen molar-refractivity contribution in [1.82, 2.24) is 10.6 Å². The van der Waals surface area contributed by atoms with Crippen molar-refractivity contribution in [2.24, 2.45) is 5.92 Å². The molecule has 0 radical (unpaired) electrons. The monoisotopic (exact) mass is 365 g/mol. The summed E-state index contributed by atoms with van der Waals surface area (Å²) in [6, 6.07) is 17.4. The number of carbonyl (C=O) groups is 2. The van der Waals surface area contributed by atoms with E-state index in [9.17, 15) is 9.59 Å². The maximum atomic E-state index is 12.6. The molecule has 0 unspecified atom stereocenters. The summed E-state index contributed by atoms with van der Waals surface area (Å²) in [6.07, 6.45) is 2.13. The number of hydrogen-bond donors (Lipinski definition) is 3. The van der Waals surface area contributed by atoms with Gasteiger partial charge in [0, 0.05) is 24.2 Å². The molecule has 0 aromatic heterocycles. The van der Waals surface area contributed by atoms with Gasteiger partial charge in [0.1, 0.15) is 6.04 Å². The van der Waals surface area contributed by atoms with Crippen LogP contribution in [0.2, 0.25) is 0 Å². The molecule has 27 heavy (non-hydrogen) atoms. The van der Waals surface area contributed by atoms with E-state index >= 15 is 0 Å². The van der Waals surface area contributed by atoms with Gasteiger partial charge in [-0.1, -0.05) is 56.3 Å². The Morgan fingerprint density at radius 3 is 2.22 bits per heavy atom. The minimum absolute atomic E-state index is 0.00163. The topological polar surface area (TPSA) is 70.2 Å².